The Bertz CT molecular complexity index is 231. The highest BCUT2D eigenvalue weighted by atomic mass is 16.5. The molecule has 1 heterocycles. The van der Waals surface area contributed by atoms with Gasteiger partial charge in [-0.05, 0) is 25.7 Å². The zero-order valence-corrected chi connectivity index (χ0v) is 12.0. The summed E-state index contributed by atoms with van der Waals surface area (Å²) in [6, 6.07) is 0.544. The summed E-state index contributed by atoms with van der Waals surface area (Å²) in [5.74, 6) is 0. The Labute approximate surface area is 112 Å². The molecule has 0 bridgehead atoms. The van der Waals surface area contributed by atoms with E-state index in [4.69, 9.17) is 9.47 Å². The second kappa shape index (κ2) is 6.88. The molecule has 1 saturated carbocycles. The lowest BCUT2D eigenvalue weighted by Gasteiger charge is -2.41. The van der Waals surface area contributed by atoms with Crippen molar-refractivity contribution in [3.63, 3.8) is 0 Å². The normalized spacial score (nSPS) is 25.5. The molecule has 0 spiro atoms. The largest absolute Gasteiger partial charge is 0.381 e. The lowest BCUT2D eigenvalue weighted by Crippen LogP contribution is -2.49. The van der Waals surface area contributed by atoms with Crippen LogP contribution in [0.3, 0.4) is 0 Å². The van der Waals surface area contributed by atoms with Crippen LogP contribution in [-0.4, -0.2) is 37.5 Å². The van der Waals surface area contributed by atoms with Crippen molar-refractivity contribution < 1.29 is 9.47 Å². The van der Waals surface area contributed by atoms with Crippen LogP contribution in [0.25, 0.3) is 0 Å². The second-order valence-electron chi connectivity index (χ2n) is 6.21. The Morgan fingerprint density at radius 3 is 2.44 bits per heavy atom. The van der Waals surface area contributed by atoms with Gasteiger partial charge in [0.2, 0.25) is 0 Å². The molecular weight excluding hydrogens is 226 g/mol. The van der Waals surface area contributed by atoms with E-state index in [2.05, 4.69) is 19.2 Å². The van der Waals surface area contributed by atoms with Crippen LogP contribution in [-0.2, 0) is 9.47 Å². The first-order valence-electron chi connectivity index (χ1n) is 7.69. The van der Waals surface area contributed by atoms with Crippen LogP contribution >= 0.6 is 0 Å². The maximum Gasteiger partial charge on any atom is 0.0810 e. The Kier molecular flexibility index (Phi) is 5.46. The van der Waals surface area contributed by atoms with Gasteiger partial charge in [-0.15, -0.1) is 0 Å². The van der Waals surface area contributed by atoms with Gasteiger partial charge in [0.1, 0.15) is 0 Å². The number of nitrogens with one attached hydrogen (secondary N) is 1. The van der Waals surface area contributed by atoms with Crippen LogP contribution in [0.5, 0.6) is 0 Å². The third-order valence-electron chi connectivity index (χ3n) is 4.18. The summed E-state index contributed by atoms with van der Waals surface area (Å²) >= 11 is 0. The van der Waals surface area contributed by atoms with E-state index < -0.39 is 0 Å². The van der Waals surface area contributed by atoms with E-state index >= 15 is 0 Å². The molecule has 106 valence electrons. The molecule has 1 aliphatic heterocycles. The summed E-state index contributed by atoms with van der Waals surface area (Å²) in [5.41, 5.74) is 0.102. The monoisotopic (exact) mass is 255 g/mol. The molecule has 0 atom stereocenters. The molecule has 1 aliphatic carbocycles. The van der Waals surface area contributed by atoms with Crippen LogP contribution in [0.2, 0.25) is 0 Å². The quantitative estimate of drug-likeness (QED) is 0.819. The van der Waals surface area contributed by atoms with E-state index in [1.807, 2.05) is 0 Å². The SMILES string of the molecule is CC(C)NCC1(OC2CCOCC2)CCCCC1. The van der Waals surface area contributed by atoms with E-state index in [9.17, 15) is 0 Å². The zero-order chi connectivity index (χ0) is 12.8. The van der Waals surface area contributed by atoms with Gasteiger partial charge in [0.05, 0.1) is 11.7 Å². The molecule has 2 rings (SSSR count). The van der Waals surface area contributed by atoms with Gasteiger partial charge in [0.25, 0.3) is 0 Å². The Morgan fingerprint density at radius 1 is 1.17 bits per heavy atom. The number of ether oxygens (including phenoxy) is 2. The van der Waals surface area contributed by atoms with Gasteiger partial charge in [-0.1, -0.05) is 33.1 Å². The van der Waals surface area contributed by atoms with Gasteiger partial charge in [0, 0.05) is 25.8 Å². The van der Waals surface area contributed by atoms with Crippen molar-refractivity contribution in [2.45, 2.75) is 76.5 Å². The highest BCUT2D eigenvalue weighted by molar-refractivity contribution is 4.88. The fourth-order valence-electron chi connectivity index (χ4n) is 3.07. The lowest BCUT2D eigenvalue weighted by molar-refractivity contribution is -0.139. The topological polar surface area (TPSA) is 30.5 Å². The van der Waals surface area contributed by atoms with Crippen LogP contribution in [0.1, 0.15) is 58.8 Å². The summed E-state index contributed by atoms with van der Waals surface area (Å²) in [6.45, 7) is 7.19. The fraction of sp³-hybridized carbons (Fsp3) is 1.00. The van der Waals surface area contributed by atoms with Crippen molar-refractivity contribution in [3.8, 4) is 0 Å². The van der Waals surface area contributed by atoms with E-state index in [-0.39, 0.29) is 5.60 Å². The van der Waals surface area contributed by atoms with Gasteiger partial charge in [-0.2, -0.15) is 0 Å². The standard InChI is InChI=1S/C15H29NO2/c1-13(2)16-12-15(8-4-3-5-9-15)18-14-6-10-17-11-7-14/h13-14,16H,3-12H2,1-2H3. The predicted molar refractivity (Wildman–Crippen MR) is 73.9 cm³/mol. The number of hydrogen-bond acceptors (Lipinski definition) is 3. The molecule has 2 aliphatic rings. The molecule has 0 aromatic rings. The van der Waals surface area contributed by atoms with Crippen molar-refractivity contribution in [2.24, 2.45) is 0 Å². The van der Waals surface area contributed by atoms with Crippen LogP contribution in [0, 0.1) is 0 Å². The van der Waals surface area contributed by atoms with E-state index in [0.29, 0.717) is 12.1 Å². The molecule has 1 N–H and O–H groups in total. The van der Waals surface area contributed by atoms with Crippen molar-refractivity contribution in [1.82, 2.24) is 5.32 Å². The Hall–Kier alpha value is -0.120. The molecule has 2 fully saturated rings. The molecule has 18 heavy (non-hydrogen) atoms. The molecule has 0 amide bonds. The van der Waals surface area contributed by atoms with E-state index in [0.717, 1.165) is 32.6 Å². The molecular formula is C15H29NO2. The highest BCUT2D eigenvalue weighted by Crippen LogP contribution is 2.34. The minimum absolute atomic E-state index is 0.102. The predicted octanol–water partition coefficient (Wildman–Crippen LogP) is 2.88. The summed E-state index contributed by atoms with van der Waals surface area (Å²) in [4.78, 5) is 0. The zero-order valence-electron chi connectivity index (χ0n) is 12.0. The van der Waals surface area contributed by atoms with E-state index in [1.165, 1.54) is 32.1 Å². The van der Waals surface area contributed by atoms with Gasteiger partial charge >= 0.3 is 0 Å². The first-order chi connectivity index (χ1) is 8.70. The van der Waals surface area contributed by atoms with Crippen LogP contribution in [0.4, 0.5) is 0 Å². The fourth-order valence-corrected chi connectivity index (χ4v) is 3.07. The third kappa shape index (κ3) is 4.22. The molecule has 0 unspecified atom stereocenters. The minimum atomic E-state index is 0.102. The van der Waals surface area contributed by atoms with Gasteiger partial charge < -0.3 is 14.8 Å². The average Bonchev–Trinajstić information content (AvgIpc) is 2.39. The molecule has 0 aromatic heterocycles. The molecule has 1 saturated heterocycles. The molecule has 3 heteroatoms. The van der Waals surface area contributed by atoms with Crippen molar-refractivity contribution in [1.29, 1.82) is 0 Å². The molecule has 0 aromatic carbocycles. The Balaban J connectivity index is 1.90. The van der Waals surface area contributed by atoms with Gasteiger partial charge in [0.15, 0.2) is 0 Å². The maximum atomic E-state index is 6.53. The van der Waals surface area contributed by atoms with Crippen molar-refractivity contribution in [3.05, 3.63) is 0 Å². The third-order valence-corrected chi connectivity index (χ3v) is 4.18. The Morgan fingerprint density at radius 2 is 1.83 bits per heavy atom. The smallest absolute Gasteiger partial charge is 0.0810 e. The lowest BCUT2D eigenvalue weighted by atomic mass is 9.84. The van der Waals surface area contributed by atoms with Crippen molar-refractivity contribution in [2.75, 3.05) is 19.8 Å². The summed E-state index contributed by atoms with van der Waals surface area (Å²) in [5, 5.41) is 3.59. The van der Waals surface area contributed by atoms with Crippen LogP contribution < -0.4 is 5.32 Å². The minimum Gasteiger partial charge on any atom is -0.381 e. The van der Waals surface area contributed by atoms with Crippen molar-refractivity contribution >= 4 is 0 Å². The molecule has 3 nitrogen and oxygen atoms in total. The summed E-state index contributed by atoms with van der Waals surface area (Å²) < 4.78 is 12.0. The second-order valence-corrected chi connectivity index (χ2v) is 6.21. The summed E-state index contributed by atoms with van der Waals surface area (Å²) in [7, 11) is 0. The number of rotatable bonds is 5. The van der Waals surface area contributed by atoms with Crippen LogP contribution in [0.15, 0.2) is 0 Å². The van der Waals surface area contributed by atoms with Gasteiger partial charge in [-0.3, -0.25) is 0 Å². The van der Waals surface area contributed by atoms with E-state index in [1.54, 1.807) is 0 Å². The maximum absolute atomic E-state index is 6.53. The highest BCUT2D eigenvalue weighted by Gasteiger charge is 2.35. The average molecular weight is 255 g/mol. The molecule has 0 radical (unpaired) electrons. The number of hydrogen-bond donors (Lipinski definition) is 1. The first-order valence-corrected chi connectivity index (χ1v) is 7.69. The first kappa shape index (κ1) is 14.3. The van der Waals surface area contributed by atoms with Gasteiger partial charge in [-0.25, -0.2) is 0 Å². The summed E-state index contributed by atoms with van der Waals surface area (Å²) in [6.07, 6.45) is 9.04.